The van der Waals surface area contributed by atoms with Crippen LogP contribution in [0, 0.1) is 5.82 Å². The van der Waals surface area contributed by atoms with E-state index in [4.69, 9.17) is 16.3 Å². The third kappa shape index (κ3) is 3.08. The molecule has 3 nitrogen and oxygen atoms in total. The van der Waals surface area contributed by atoms with Crippen LogP contribution in [0.1, 0.15) is 16.8 Å². The van der Waals surface area contributed by atoms with Crippen molar-refractivity contribution in [3.8, 4) is 5.75 Å². The molecule has 0 bridgehead atoms. The highest BCUT2D eigenvalue weighted by Crippen LogP contribution is 2.32. The first-order chi connectivity index (χ1) is 12.6. The van der Waals surface area contributed by atoms with Crippen molar-refractivity contribution < 1.29 is 9.13 Å². The number of nitrogens with zero attached hydrogens (tertiary/aromatic N) is 2. The average molecular weight is 373 g/mol. The number of halogens is 2. The fraction of sp³-hybridized carbons (Fsp3) is 0.333. The molecule has 0 unspecified atom stereocenters. The molecule has 1 aliphatic rings. The van der Waals surface area contributed by atoms with Crippen molar-refractivity contribution in [1.29, 1.82) is 0 Å². The van der Waals surface area contributed by atoms with E-state index >= 15 is 0 Å². The summed E-state index contributed by atoms with van der Waals surface area (Å²) >= 11 is 6.25. The lowest BCUT2D eigenvalue weighted by Crippen LogP contribution is -2.27. The second-order valence-electron chi connectivity index (χ2n) is 6.95. The van der Waals surface area contributed by atoms with E-state index in [2.05, 4.69) is 28.6 Å². The molecule has 5 heteroatoms. The minimum atomic E-state index is -0.308. The fourth-order valence-electron chi connectivity index (χ4n) is 3.92. The Morgan fingerprint density at radius 2 is 2.04 bits per heavy atom. The third-order valence-corrected chi connectivity index (χ3v) is 5.48. The highest BCUT2D eigenvalue weighted by Gasteiger charge is 2.22. The molecule has 0 N–H and O–H groups in total. The molecule has 2 heterocycles. The van der Waals surface area contributed by atoms with Crippen molar-refractivity contribution in [3.05, 3.63) is 64.1 Å². The number of aromatic nitrogens is 1. The largest absolute Gasteiger partial charge is 0.494 e. The molecule has 2 aromatic carbocycles. The summed E-state index contributed by atoms with van der Waals surface area (Å²) in [6, 6.07) is 11.3. The SMILES string of the molecule is COc1ccc(CCn2c3c(c4cc(Cl)ccc42)CN(C)CC3)cc1F. The summed E-state index contributed by atoms with van der Waals surface area (Å²) in [5.41, 5.74) is 4.94. The molecule has 0 saturated heterocycles. The maximum Gasteiger partial charge on any atom is 0.165 e. The summed E-state index contributed by atoms with van der Waals surface area (Å²) in [7, 11) is 3.63. The molecule has 0 saturated carbocycles. The van der Waals surface area contributed by atoms with Crippen molar-refractivity contribution >= 4 is 22.5 Å². The normalized spacial score (nSPS) is 14.6. The molecule has 3 aromatic rings. The van der Waals surface area contributed by atoms with Crippen molar-refractivity contribution in [2.24, 2.45) is 0 Å². The van der Waals surface area contributed by atoms with E-state index in [9.17, 15) is 4.39 Å². The van der Waals surface area contributed by atoms with E-state index in [1.807, 2.05) is 12.1 Å². The molecule has 26 heavy (non-hydrogen) atoms. The zero-order chi connectivity index (χ0) is 18.3. The Morgan fingerprint density at radius 1 is 1.19 bits per heavy atom. The van der Waals surface area contributed by atoms with Crippen molar-refractivity contribution in [1.82, 2.24) is 9.47 Å². The van der Waals surface area contributed by atoms with Crippen LogP contribution < -0.4 is 4.74 Å². The number of rotatable bonds is 4. The van der Waals surface area contributed by atoms with Gasteiger partial charge in [0.05, 0.1) is 7.11 Å². The van der Waals surface area contributed by atoms with E-state index < -0.39 is 0 Å². The van der Waals surface area contributed by atoms with Gasteiger partial charge in [0, 0.05) is 47.7 Å². The van der Waals surface area contributed by atoms with Crippen LogP contribution in [0.15, 0.2) is 36.4 Å². The summed E-state index contributed by atoms with van der Waals surface area (Å²) in [5.74, 6) is -0.0204. The Bertz CT molecular complexity index is 966. The molecule has 1 aromatic heterocycles. The zero-order valence-electron chi connectivity index (χ0n) is 15.1. The van der Waals surface area contributed by atoms with Gasteiger partial charge in [-0.15, -0.1) is 0 Å². The van der Waals surface area contributed by atoms with Crippen LogP contribution in [0.2, 0.25) is 5.02 Å². The summed E-state index contributed by atoms with van der Waals surface area (Å²) in [6.07, 6.45) is 1.80. The highest BCUT2D eigenvalue weighted by atomic mass is 35.5. The van der Waals surface area contributed by atoms with Crippen LogP contribution >= 0.6 is 11.6 Å². The van der Waals surface area contributed by atoms with E-state index in [1.165, 1.54) is 29.3 Å². The van der Waals surface area contributed by atoms with Gasteiger partial charge in [-0.1, -0.05) is 17.7 Å². The number of hydrogen-bond acceptors (Lipinski definition) is 2. The topological polar surface area (TPSA) is 17.4 Å². The van der Waals surface area contributed by atoms with E-state index in [-0.39, 0.29) is 11.6 Å². The number of benzene rings is 2. The Kier molecular flexibility index (Phi) is 4.63. The number of aryl methyl sites for hydroxylation is 2. The summed E-state index contributed by atoms with van der Waals surface area (Å²) in [4.78, 5) is 2.34. The molecule has 136 valence electrons. The molecule has 0 atom stereocenters. The molecular weight excluding hydrogens is 351 g/mol. The smallest absolute Gasteiger partial charge is 0.165 e. The first-order valence-corrected chi connectivity index (χ1v) is 9.25. The number of likely N-dealkylation sites (N-methyl/N-ethyl adjacent to an activating group) is 1. The molecule has 0 aliphatic carbocycles. The monoisotopic (exact) mass is 372 g/mol. The second-order valence-corrected chi connectivity index (χ2v) is 7.38. The minimum Gasteiger partial charge on any atom is -0.494 e. The molecule has 0 fully saturated rings. The average Bonchev–Trinajstić information content (AvgIpc) is 2.92. The van der Waals surface area contributed by atoms with Gasteiger partial charge in [0.1, 0.15) is 0 Å². The van der Waals surface area contributed by atoms with Gasteiger partial charge in [-0.05, 0) is 54.9 Å². The molecule has 0 spiro atoms. The molecule has 0 amide bonds. The van der Waals surface area contributed by atoms with E-state index in [1.54, 1.807) is 12.1 Å². The fourth-order valence-corrected chi connectivity index (χ4v) is 4.09. The van der Waals surface area contributed by atoms with Gasteiger partial charge in [-0.2, -0.15) is 0 Å². The summed E-state index contributed by atoms with van der Waals surface area (Å²) < 4.78 is 21.4. The van der Waals surface area contributed by atoms with Gasteiger partial charge < -0.3 is 14.2 Å². The van der Waals surface area contributed by atoms with Gasteiger partial charge in [-0.3, -0.25) is 0 Å². The Balaban J connectivity index is 1.69. The standard InChI is InChI=1S/C21H22ClFN2O/c1-24-9-8-20-17(13-24)16-12-15(22)4-5-19(16)25(20)10-7-14-3-6-21(26-2)18(23)11-14/h3-6,11-12H,7-10,13H2,1-2H3. The highest BCUT2D eigenvalue weighted by molar-refractivity contribution is 6.31. The predicted molar refractivity (Wildman–Crippen MR) is 104 cm³/mol. The van der Waals surface area contributed by atoms with E-state index in [0.29, 0.717) is 0 Å². The van der Waals surface area contributed by atoms with Gasteiger partial charge in [-0.25, -0.2) is 4.39 Å². The van der Waals surface area contributed by atoms with Crippen molar-refractivity contribution in [3.63, 3.8) is 0 Å². The Morgan fingerprint density at radius 3 is 2.81 bits per heavy atom. The number of ether oxygens (including phenoxy) is 1. The first-order valence-electron chi connectivity index (χ1n) is 8.87. The van der Waals surface area contributed by atoms with Crippen LogP contribution in [0.5, 0.6) is 5.75 Å². The predicted octanol–water partition coefficient (Wildman–Crippen LogP) is 4.67. The molecule has 1 aliphatic heterocycles. The quantitative estimate of drug-likeness (QED) is 0.662. The second kappa shape index (κ2) is 6.93. The number of fused-ring (bicyclic) bond motifs is 3. The van der Waals surface area contributed by atoms with Crippen molar-refractivity contribution in [2.45, 2.75) is 25.9 Å². The lowest BCUT2D eigenvalue weighted by molar-refractivity contribution is 0.309. The Labute approximate surface area is 157 Å². The van der Waals surface area contributed by atoms with Crippen LogP contribution in [0.25, 0.3) is 10.9 Å². The van der Waals surface area contributed by atoms with Gasteiger partial charge in [0.2, 0.25) is 0 Å². The maximum atomic E-state index is 14.0. The number of hydrogen-bond donors (Lipinski definition) is 0. The van der Waals surface area contributed by atoms with Gasteiger partial charge in [0.15, 0.2) is 11.6 Å². The lowest BCUT2D eigenvalue weighted by atomic mass is 10.1. The lowest BCUT2D eigenvalue weighted by Gasteiger charge is -2.24. The van der Waals surface area contributed by atoms with Crippen LogP contribution in [-0.4, -0.2) is 30.2 Å². The van der Waals surface area contributed by atoms with E-state index in [0.717, 1.165) is 43.1 Å². The molecular formula is C21H22ClFN2O. The maximum absolute atomic E-state index is 14.0. The summed E-state index contributed by atoms with van der Waals surface area (Å²) in [6.45, 7) is 2.81. The first kappa shape index (κ1) is 17.4. The molecule has 0 radical (unpaired) electrons. The minimum absolute atomic E-state index is 0.287. The molecule has 4 rings (SSSR count). The van der Waals surface area contributed by atoms with Crippen molar-refractivity contribution in [2.75, 3.05) is 20.7 Å². The van der Waals surface area contributed by atoms with Crippen LogP contribution in [0.4, 0.5) is 4.39 Å². The summed E-state index contributed by atoms with van der Waals surface area (Å²) in [5, 5.41) is 2.00. The van der Waals surface area contributed by atoms with Crippen LogP contribution in [0.3, 0.4) is 0 Å². The number of methoxy groups -OCH3 is 1. The van der Waals surface area contributed by atoms with Gasteiger partial charge in [0.25, 0.3) is 0 Å². The Hall–Kier alpha value is -2.04. The third-order valence-electron chi connectivity index (χ3n) is 5.25. The van der Waals surface area contributed by atoms with Crippen LogP contribution in [-0.2, 0) is 25.9 Å². The zero-order valence-corrected chi connectivity index (χ0v) is 15.8. The van der Waals surface area contributed by atoms with Gasteiger partial charge >= 0.3 is 0 Å².